The Balaban J connectivity index is 1.83. The van der Waals surface area contributed by atoms with Gasteiger partial charge in [-0.15, -0.1) is 0 Å². The largest absolute Gasteiger partial charge is 0.360 e. The van der Waals surface area contributed by atoms with Gasteiger partial charge < -0.3 is 9.84 Å². The maximum atomic E-state index is 5.42. The summed E-state index contributed by atoms with van der Waals surface area (Å²) in [6.07, 6.45) is 8.21. The van der Waals surface area contributed by atoms with Gasteiger partial charge in [-0.25, -0.2) is 0 Å². The number of nitrogens with zero attached hydrogens (tertiary/aromatic N) is 2. The van der Waals surface area contributed by atoms with Crippen molar-refractivity contribution in [2.45, 2.75) is 64.6 Å². The minimum Gasteiger partial charge on any atom is -0.360 e. The highest BCUT2D eigenvalue weighted by molar-refractivity contribution is 5.05. The summed E-state index contributed by atoms with van der Waals surface area (Å²) in [5, 5.41) is 7.37. The predicted octanol–water partition coefficient (Wildman–Crippen LogP) is 2.94. The first-order valence-electron chi connectivity index (χ1n) is 7.65. The third kappa shape index (κ3) is 4.62. The molecule has 4 heteroatoms. The summed E-state index contributed by atoms with van der Waals surface area (Å²) in [5.41, 5.74) is 1.01. The van der Waals surface area contributed by atoms with Crippen molar-refractivity contribution < 1.29 is 4.52 Å². The summed E-state index contributed by atoms with van der Waals surface area (Å²) < 4.78 is 5.42. The molecule has 2 rings (SSSR count). The van der Waals surface area contributed by atoms with Crippen molar-refractivity contribution in [3.8, 4) is 0 Å². The number of hydrogen-bond acceptors (Lipinski definition) is 4. The van der Waals surface area contributed by atoms with E-state index >= 15 is 0 Å². The van der Waals surface area contributed by atoms with Gasteiger partial charge in [0.2, 0.25) is 0 Å². The van der Waals surface area contributed by atoms with Crippen LogP contribution >= 0.6 is 0 Å². The van der Waals surface area contributed by atoms with Gasteiger partial charge >= 0.3 is 0 Å². The van der Waals surface area contributed by atoms with Crippen LogP contribution in [0.15, 0.2) is 10.6 Å². The number of hydrogen-bond donors (Lipinski definition) is 1. The van der Waals surface area contributed by atoms with Crippen molar-refractivity contribution in [3.05, 3.63) is 17.5 Å². The third-order valence-electron chi connectivity index (χ3n) is 4.02. The Kier molecular flexibility index (Phi) is 5.86. The summed E-state index contributed by atoms with van der Waals surface area (Å²) in [7, 11) is 2.21. The standard InChI is InChI=1S/C15H27N3O/c1-3-16-11-13-10-15(19-17-13)12-18(2)14-8-6-4-5-7-9-14/h10,14,16H,3-9,11-12H2,1-2H3. The van der Waals surface area contributed by atoms with Crippen molar-refractivity contribution in [1.82, 2.24) is 15.4 Å². The Hall–Kier alpha value is -0.870. The van der Waals surface area contributed by atoms with Crippen LogP contribution in [0, 0.1) is 0 Å². The van der Waals surface area contributed by atoms with Crippen LogP contribution < -0.4 is 5.32 Å². The summed E-state index contributed by atoms with van der Waals surface area (Å²) >= 11 is 0. The first-order valence-corrected chi connectivity index (χ1v) is 7.65. The van der Waals surface area contributed by atoms with Gasteiger partial charge in [-0.1, -0.05) is 37.8 Å². The lowest BCUT2D eigenvalue weighted by molar-refractivity contribution is 0.190. The van der Waals surface area contributed by atoms with Gasteiger partial charge in [0, 0.05) is 18.7 Å². The van der Waals surface area contributed by atoms with E-state index in [-0.39, 0.29) is 0 Å². The summed E-state index contributed by atoms with van der Waals surface area (Å²) in [4.78, 5) is 2.43. The molecule has 0 unspecified atom stereocenters. The molecule has 1 aliphatic carbocycles. The molecule has 0 radical (unpaired) electrons. The molecule has 0 atom stereocenters. The van der Waals surface area contributed by atoms with Crippen molar-refractivity contribution in [1.29, 1.82) is 0 Å². The lowest BCUT2D eigenvalue weighted by Gasteiger charge is -2.25. The predicted molar refractivity (Wildman–Crippen MR) is 76.8 cm³/mol. The molecule has 19 heavy (non-hydrogen) atoms. The first kappa shape index (κ1) is 14.5. The monoisotopic (exact) mass is 265 g/mol. The van der Waals surface area contributed by atoms with Crippen molar-refractivity contribution in [3.63, 3.8) is 0 Å². The molecule has 0 saturated heterocycles. The molecule has 0 bridgehead atoms. The topological polar surface area (TPSA) is 41.3 Å². The summed E-state index contributed by atoms with van der Waals surface area (Å²) in [5.74, 6) is 0.986. The molecule has 1 fully saturated rings. The van der Waals surface area contributed by atoms with Crippen LogP contribution in [0.4, 0.5) is 0 Å². The van der Waals surface area contributed by atoms with Crippen LogP contribution in [0.2, 0.25) is 0 Å². The van der Waals surface area contributed by atoms with Crippen LogP contribution in [-0.2, 0) is 13.1 Å². The molecule has 1 saturated carbocycles. The van der Waals surface area contributed by atoms with Gasteiger partial charge in [0.15, 0.2) is 5.76 Å². The SMILES string of the molecule is CCNCc1cc(CN(C)C2CCCCCC2)on1. The van der Waals surface area contributed by atoms with Crippen LogP contribution in [0.3, 0.4) is 0 Å². The second-order valence-electron chi connectivity index (χ2n) is 5.63. The van der Waals surface area contributed by atoms with E-state index in [1.54, 1.807) is 0 Å². The van der Waals surface area contributed by atoms with Gasteiger partial charge in [0.1, 0.15) is 0 Å². The maximum absolute atomic E-state index is 5.42. The molecule has 0 amide bonds. The Labute approximate surface area is 116 Å². The maximum Gasteiger partial charge on any atom is 0.151 e. The minimum atomic E-state index is 0.713. The van der Waals surface area contributed by atoms with E-state index in [1.807, 2.05) is 0 Å². The van der Waals surface area contributed by atoms with Crippen LogP contribution in [-0.4, -0.2) is 29.7 Å². The second-order valence-corrected chi connectivity index (χ2v) is 5.63. The van der Waals surface area contributed by atoms with Gasteiger partial charge in [0.25, 0.3) is 0 Å². The fourth-order valence-electron chi connectivity index (χ4n) is 2.84. The average Bonchev–Trinajstić information content (AvgIpc) is 2.68. The summed E-state index contributed by atoms with van der Waals surface area (Å²) in [6, 6.07) is 2.79. The average molecular weight is 265 g/mol. The zero-order valence-electron chi connectivity index (χ0n) is 12.3. The van der Waals surface area contributed by atoms with E-state index in [0.29, 0.717) is 6.04 Å². The Morgan fingerprint density at radius 2 is 2.05 bits per heavy atom. The van der Waals surface area contributed by atoms with Gasteiger partial charge in [-0.2, -0.15) is 0 Å². The van der Waals surface area contributed by atoms with E-state index in [0.717, 1.165) is 31.1 Å². The highest BCUT2D eigenvalue weighted by Gasteiger charge is 2.18. The molecule has 0 spiro atoms. The Morgan fingerprint density at radius 1 is 1.32 bits per heavy atom. The van der Waals surface area contributed by atoms with E-state index in [2.05, 4.69) is 35.4 Å². The molecule has 1 aromatic heterocycles. The fraction of sp³-hybridized carbons (Fsp3) is 0.800. The zero-order valence-corrected chi connectivity index (χ0v) is 12.3. The fourth-order valence-corrected chi connectivity index (χ4v) is 2.84. The first-order chi connectivity index (χ1) is 9.29. The Morgan fingerprint density at radius 3 is 2.74 bits per heavy atom. The van der Waals surface area contributed by atoms with Crippen LogP contribution in [0.25, 0.3) is 0 Å². The molecular weight excluding hydrogens is 238 g/mol. The quantitative estimate of drug-likeness (QED) is 0.803. The molecule has 1 aliphatic rings. The molecule has 1 aromatic rings. The minimum absolute atomic E-state index is 0.713. The van der Waals surface area contributed by atoms with Crippen molar-refractivity contribution in [2.24, 2.45) is 0 Å². The van der Waals surface area contributed by atoms with Crippen LogP contribution in [0.5, 0.6) is 0 Å². The van der Waals surface area contributed by atoms with Gasteiger partial charge in [-0.3, -0.25) is 4.90 Å². The molecule has 0 aromatic carbocycles. The van der Waals surface area contributed by atoms with E-state index < -0.39 is 0 Å². The lowest BCUT2D eigenvalue weighted by Crippen LogP contribution is -2.30. The van der Waals surface area contributed by atoms with E-state index in [4.69, 9.17) is 4.52 Å². The van der Waals surface area contributed by atoms with Crippen LogP contribution in [0.1, 0.15) is 56.9 Å². The highest BCUT2D eigenvalue weighted by atomic mass is 16.5. The summed E-state index contributed by atoms with van der Waals surface area (Å²) in [6.45, 7) is 4.74. The number of rotatable bonds is 6. The normalized spacial score (nSPS) is 17.8. The van der Waals surface area contributed by atoms with Crippen molar-refractivity contribution >= 4 is 0 Å². The zero-order chi connectivity index (χ0) is 13.5. The molecule has 1 heterocycles. The molecule has 108 valence electrons. The molecule has 0 aliphatic heterocycles. The number of aromatic nitrogens is 1. The van der Waals surface area contributed by atoms with Crippen molar-refractivity contribution in [2.75, 3.05) is 13.6 Å². The Bertz CT molecular complexity index is 356. The number of nitrogens with one attached hydrogen (secondary N) is 1. The lowest BCUT2D eigenvalue weighted by atomic mass is 10.1. The highest BCUT2D eigenvalue weighted by Crippen LogP contribution is 2.22. The van der Waals surface area contributed by atoms with E-state index in [9.17, 15) is 0 Å². The second kappa shape index (κ2) is 7.65. The van der Waals surface area contributed by atoms with Gasteiger partial charge in [-0.05, 0) is 26.4 Å². The molecular formula is C15H27N3O. The molecule has 1 N–H and O–H groups in total. The third-order valence-corrected chi connectivity index (χ3v) is 4.02. The smallest absolute Gasteiger partial charge is 0.151 e. The molecule has 4 nitrogen and oxygen atoms in total. The van der Waals surface area contributed by atoms with E-state index in [1.165, 1.54) is 38.5 Å². The van der Waals surface area contributed by atoms with Gasteiger partial charge in [0.05, 0.1) is 12.2 Å².